The molecule has 0 aliphatic rings. The maximum absolute atomic E-state index is 11.9. The zero-order valence-corrected chi connectivity index (χ0v) is 28.3. The van der Waals surface area contributed by atoms with Crippen molar-refractivity contribution in [1.29, 1.82) is 0 Å². The van der Waals surface area contributed by atoms with Crippen molar-refractivity contribution in [1.82, 2.24) is 9.44 Å². The summed E-state index contributed by atoms with van der Waals surface area (Å²) in [6.07, 6.45) is 35.5. The number of amides is 2. The van der Waals surface area contributed by atoms with Crippen LogP contribution < -0.4 is 9.44 Å². The van der Waals surface area contributed by atoms with Gasteiger partial charge in [0.05, 0.1) is 0 Å². The Labute approximate surface area is 255 Å². The molecule has 0 radical (unpaired) electrons. The van der Waals surface area contributed by atoms with Gasteiger partial charge in [-0.25, -0.2) is 0 Å². The molecule has 0 fully saturated rings. The van der Waals surface area contributed by atoms with Crippen LogP contribution in [0.3, 0.4) is 0 Å². The molecule has 0 spiro atoms. The maximum Gasteiger partial charge on any atom is 0.230 e. The van der Waals surface area contributed by atoms with Crippen molar-refractivity contribution >= 4 is 43.6 Å². The first-order chi connectivity index (χ1) is 19.2. The van der Waals surface area contributed by atoms with Gasteiger partial charge in [0, 0.05) is 44.6 Å². The number of unbranched alkanes of at least 4 members (excludes halogenated alkanes) is 24. The second-order valence-electron chi connectivity index (χ2n) is 11.3. The van der Waals surface area contributed by atoms with E-state index in [1.165, 1.54) is 173 Å². The summed E-state index contributed by atoms with van der Waals surface area (Å²) in [7, 11) is 4.01. The molecule has 0 atom stereocenters. The smallest absolute Gasteiger partial charge is 0.230 e. The molecule has 2 amide bonds. The SMILES string of the molecule is CCCCCCCCCCCCCCCC(=O)NSSSNC(=O)CCCCCCCCCCCCCCC. The molecule has 39 heavy (non-hydrogen) atoms. The van der Waals surface area contributed by atoms with Gasteiger partial charge in [-0.1, -0.05) is 168 Å². The third-order valence-corrected chi connectivity index (χ3v) is 10.3. The minimum atomic E-state index is 0.0921. The lowest BCUT2D eigenvalue weighted by atomic mass is 10.0. The first kappa shape index (κ1) is 39.0. The molecule has 0 aromatic rings. The van der Waals surface area contributed by atoms with Crippen molar-refractivity contribution in [3.63, 3.8) is 0 Å². The highest BCUT2D eigenvalue weighted by molar-refractivity contribution is 9.08. The van der Waals surface area contributed by atoms with Gasteiger partial charge in [0.2, 0.25) is 11.8 Å². The third-order valence-electron chi connectivity index (χ3n) is 7.39. The number of hydrogen-bond acceptors (Lipinski definition) is 5. The van der Waals surface area contributed by atoms with E-state index in [1.807, 2.05) is 0 Å². The van der Waals surface area contributed by atoms with Gasteiger partial charge in [0.1, 0.15) is 0 Å². The second-order valence-corrected chi connectivity index (χ2v) is 14.8. The van der Waals surface area contributed by atoms with Crippen molar-refractivity contribution in [2.24, 2.45) is 0 Å². The maximum atomic E-state index is 11.9. The summed E-state index contributed by atoms with van der Waals surface area (Å²) in [5.74, 6) is 0.184. The summed E-state index contributed by atoms with van der Waals surface area (Å²) in [4.78, 5) is 23.9. The molecule has 4 nitrogen and oxygen atoms in total. The first-order valence-corrected chi connectivity index (χ1v) is 20.3. The number of rotatable bonds is 32. The van der Waals surface area contributed by atoms with Gasteiger partial charge in [-0.05, 0) is 12.8 Å². The molecule has 232 valence electrons. The van der Waals surface area contributed by atoms with Crippen LogP contribution in [-0.4, -0.2) is 11.8 Å². The predicted molar refractivity (Wildman–Crippen MR) is 180 cm³/mol. The zero-order valence-electron chi connectivity index (χ0n) is 25.8. The summed E-state index contributed by atoms with van der Waals surface area (Å²) in [6.45, 7) is 4.55. The molecule has 0 heterocycles. The Balaban J connectivity index is 3.26. The molecule has 0 saturated heterocycles. The topological polar surface area (TPSA) is 58.2 Å². The fourth-order valence-electron chi connectivity index (χ4n) is 4.85. The molecule has 0 aliphatic heterocycles. The monoisotopic (exact) mass is 604 g/mol. The largest absolute Gasteiger partial charge is 0.290 e. The fourth-order valence-corrected chi connectivity index (χ4v) is 7.13. The summed E-state index contributed by atoms with van der Waals surface area (Å²) in [5, 5.41) is 0. The summed E-state index contributed by atoms with van der Waals surface area (Å²) in [6, 6.07) is 0. The first-order valence-electron chi connectivity index (χ1n) is 16.8. The second kappa shape index (κ2) is 34.2. The highest BCUT2D eigenvalue weighted by Crippen LogP contribution is 2.29. The summed E-state index contributed by atoms with van der Waals surface area (Å²) in [5.41, 5.74) is 0. The average molecular weight is 605 g/mol. The minimum absolute atomic E-state index is 0.0921. The van der Waals surface area contributed by atoms with Crippen LogP contribution in [0.2, 0.25) is 0 Å². The van der Waals surface area contributed by atoms with Gasteiger partial charge in [-0.3, -0.25) is 19.0 Å². The Morgan fingerprint density at radius 2 is 0.615 bits per heavy atom. The molecular formula is C32H64N2O2S3. The molecule has 0 saturated carbocycles. The molecule has 0 unspecified atom stereocenters. The van der Waals surface area contributed by atoms with E-state index in [4.69, 9.17) is 0 Å². The Morgan fingerprint density at radius 1 is 0.385 bits per heavy atom. The molecule has 0 aromatic carbocycles. The standard InChI is InChI=1S/C32H64N2O2S3/c1-3-5-7-9-11-13-15-17-19-21-23-25-27-29-31(35)33-37-39-38-34-32(36)30-28-26-24-22-20-18-16-14-12-10-8-6-4-2/h3-30H2,1-2H3,(H,33,35)(H,34,36). The minimum Gasteiger partial charge on any atom is -0.290 e. The van der Waals surface area contributed by atoms with E-state index in [0.29, 0.717) is 12.8 Å². The average Bonchev–Trinajstić information content (AvgIpc) is 2.93. The Hall–Kier alpha value is -0.0100. The van der Waals surface area contributed by atoms with Crippen LogP contribution in [0.4, 0.5) is 0 Å². The molecule has 0 rings (SSSR count). The fraction of sp³-hybridized carbons (Fsp3) is 0.938. The summed E-state index contributed by atoms with van der Waals surface area (Å²) >= 11 is 0. The van der Waals surface area contributed by atoms with Gasteiger partial charge < -0.3 is 0 Å². The molecule has 7 heteroatoms. The molecule has 0 aliphatic carbocycles. The number of carbonyl (C=O) groups is 2. The van der Waals surface area contributed by atoms with Gasteiger partial charge in [0.25, 0.3) is 0 Å². The molecule has 2 N–H and O–H groups in total. The molecule has 0 aromatic heterocycles. The van der Waals surface area contributed by atoms with Crippen molar-refractivity contribution in [3.05, 3.63) is 0 Å². The highest BCUT2D eigenvalue weighted by atomic mass is 33.5. The Morgan fingerprint density at radius 3 is 0.872 bits per heavy atom. The highest BCUT2D eigenvalue weighted by Gasteiger charge is 2.04. The molecule has 0 bridgehead atoms. The summed E-state index contributed by atoms with van der Waals surface area (Å²) < 4.78 is 5.73. The Bertz CT molecular complexity index is 480. The number of hydrogen-bond donors (Lipinski definition) is 2. The van der Waals surface area contributed by atoms with Crippen LogP contribution in [0.5, 0.6) is 0 Å². The zero-order chi connectivity index (χ0) is 28.5. The predicted octanol–water partition coefficient (Wildman–Crippen LogP) is 12.0. The van der Waals surface area contributed by atoms with Crippen LogP contribution in [0.15, 0.2) is 0 Å². The lowest BCUT2D eigenvalue weighted by molar-refractivity contribution is -0.120. The Kier molecular flexibility index (Phi) is 34.2. The van der Waals surface area contributed by atoms with Crippen LogP contribution in [-0.2, 0) is 9.59 Å². The normalized spacial score (nSPS) is 11.1. The van der Waals surface area contributed by atoms with Crippen molar-refractivity contribution in [2.75, 3.05) is 0 Å². The lowest BCUT2D eigenvalue weighted by Crippen LogP contribution is -2.15. The van der Waals surface area contributed by atoms with Gasteiger partial charge >= 0.3 is 0 Å². The van der Waals surface area contributed by atoms with Crippen molar-refractivity contribution in [2.45, 2.75) is 194 Å². The van der Waals surface area contributed by atoms with Crippen LogP contribution in [0, 0.1) is 0 Å². The van der Waals surface area contributed by atoms with Gasteiger partial charge in [-0.2, -0.15) is 0 Å². The van der Waals surface area contributed by atoms with Crippen LogP contribution in [0.1, 0.15) is 194 Å². The number of nitrogens with one attached hydrogen (secondary N) is 2. The van der Waals surface area contributed by atoms with E-state index in [2.05, 4.69) is 23.3 Å². The van der Waals surface area contributed by atoms with E-state index < -0.39 is 0 Å². The van der Waals surface area contributed by atoms with Crippen molar-refractivity contribution in [3.8, 4) is 0 Å². The van der Waals surface area contributed by atoms with Crippen LogP contribution >= 0.6 is 31.8 Å². The van der Waals surface area contributed by atoms with E-state index in [0.717, 1.165) is 25.7 Å². The van der Waals surface area contributed by atoms with E-state index in [1.54, 1.807) is 0 Å². The van der Waals surface area contributed by atoms with Crippen molar-refractivity contribution < 1.29 is 9.59 Å². The van der Waals surface area contributed by atoms with E-state index in [-0.39, 0.29) is 11.8 Å². The third kappa shape index (κ3) is 34.1. The quantitative estimate of drug-likeness (QED) is 0.0454. The van der Waals surface area contributed by atoms with E-state index in [9.17, 15) is 9.59 Å². The number of carbonyl (C=O) groups excluding carboxylic acids is 2. The lowest BCUT2D eigenvalue weighted by Gasteiger charge is -2.05. The van der Waals surface area contributed by atoms with Gasteiger partial charge in [0.15, 0.2) is 0 Å². The molecular weight excluding hydrogens is 541 g/mol. The van der Waals surface area contributed by atoms with Gasteiger partial charge in [-0.15, -0.1) is 0 Å². The van der Waals surface area contributed by atoms with Crippen LogP contribution in [0.25, 0.3) is 0 Å². The van der Waals surface area contributed by atoms with E-state index >= 15 is 0 Å².